The van der Waals surface area contributed by atoms with Crippen LogP contribution in [0.15, 0.2) is 36.4 Å². The molecule has 1 aromatic carbocycles. The molecule has 0 bridgehead atoms. The molecule has 2 aromatic rings. The molecule has 0 N–H and O–H groups in total. The summed E-state index contributed by atoms with van der Waals surface area (Å²) in [5.74, 6) is 0.712. The van der Waals surface area contributed by atoms with Gasteiger partial charge < -0.3 is 0 Å². The van der Waals surface area contributed by atoms with Crippen molar-refractivity contribution in [3.8, 4) is 0 Å². The fourth-order valence-electron chi connectivity index (χ4n) is 2.59. The van der Waals surface area contributed by atoms with Gasteiger partial charge in [0.25, 0.3) is 0 Å². The molecule has 0 spiro atoms. The third kappa shape index (κ3) is 3.16. The minimum absolute atomic E-state index is 0.0677. The van der Waals surface area contributed by atoms with E-state index in [4.69, 9.17) is 0 Å². The zero-order valence-corrected chi connectivity index (χ0v) is 12.6. The molecule has 0 saturated heterocycles. The Labute approximate surface area is 120 Å². The Morgan fingerprint density at radius 3 is 2.35 bits per heavy atom. The molecule has 0 aliphatic heterocycles. The summed E-state index contributed by atoms with van der Waals surface area (Å²) in [6.45, 7) is 8.15. The normalized spacial score (nSPS) is 12.7. The lowest BCUT2D eigenvalue weighted by Crippen LogP contribution is -2.20. The zero-order chi connectivity index (χ0) is 14.7. The topological polar surface area (TPSA) is 34.9 Å². The van der Waals surface area contributed by atoms with E-state index in [0.717, 1.165) is 11.4 Å². The molecule has 20 heavy (non-hydrogen) atoms. The largest absolute Gasteiger partial charge is 0.273 e. The molecule has 1 aromatic heterocycles. The zero-order valence-electron chi connectivity index (χ0n) is 12.6. The van der Waals surface area contributed by atoms with Crippen LogP contribution in [0.5, 0.6) is 0 Å². The average molecular weight is 270 g/mol. The monoisotopic (exact) mass is 270 g/mol. The van der Waals surface area contributed by atoms with Crippen LogP contribution in [-0.2, 0) is 0 Å². The van der Waals surface area contributed by atoms with Gasteiger partial charge in [-0.3, -0.25) is 4.79 Å². The van der Waals surface area contributed by atoms with Gasteiger partial charge in [-0.2, -0.15) is 5.10 Å². The summed E-state index contributed by atoms with van der Waals surface area (Å²) in [6, 6.07) is 12.2. The van der Waals surface area contributed by atoms with E-state index in [2.05, 4.69) is 31.1 Å². The van der Waals surface area contributed by atoms with Crippen molar-refractivity contribution in [2.75, 3.05) is 0 Å². The summed E-state index contributed by atoms with van der Waals surface area (Å²) in [7, 11) is 0. The van der Waals surface area contributed by atoms with Crippen molar-refractivity contribution < 1.29 is 4.79 Å². The van der Waals surface area contributed by atoms with Crippen LogP contribution < -0.4 is 0 Å². The highest BCUT2D eigenvalue weighted by molar-refractivity contribution is 5.79. The Hall–Kier alpha value is -1.90. The van der Waals surface area contributed by atoms with E-state index >= 15 is 0 Å². The number of benzene rings is 1. The van der Waals surface area contributed by atoms with Gasteiger partial charge in [0.05, 0.1) is 5.69 Å². The average Bonchev–Trinajstić information content (AvgIpc) is 2.75. The van der Waals surface area contributed by atoms with Gasteiger partial charge in [-0.25, -0.2) is 4.68 Å². The Balaban J connectivity index is 2.21. The standard InChI is InChI=1S/C17H22N2O/c1-12(2)16(15-8-6-5-7-9-15)11-17(20)19-14(4)10-13(3)18-19/h5-10,12,16H,11H2,1-4H3/t16-/m0/s1. The quantitative estimate of drug-likeness (QED) is 0.842. The van der Waals surface area contributed by atoms with Crippen molar-refractivity contribution in [3.05, 3.63) is 53.3 Å². The minimum Gasteiger partial charge on any atom is -0.273 e. The van der Waals surface area contributed by atoms with Gasteiger partial charge in [0, 0.05) is 12.1 Å². The second kappa shape index (κ2) is 6.04. The molecular weight excluding hydrogens is 248 g/mol. The fourth-order valence-corrected chi connectivity index (χ4v) is 2.59. The fraction of sp³-hybridized carbons (Fsp3) is 0.412. The van der Waals surface area contributed by atoms with Gasteiger partial charge >= 0.3 is 0 Å². The first kappa shape index (κ1) is 14.5. The van der Waals surface area contributed by atoms with Crippen LogP contribution in [0, 0.1) is 19.8 Å². The van der Waals surface area contributed by atoms with Crippen molar-refractivity contribution in [1.29, 1.82) is 0 Å². The predicted molar refractivity (Wildman–Crippen MR) is 81.0 cm³/mol. The second-order valence-corrected chi connectivity index (χ2v) is 5.70. The predicted octanol–water partition coefficient (Wildman–Crippen LogP) is 3.97. The molecule has 0 radical (unpaired) electrons. The first-order valence-corrected chi connectivity index (χ1v) is 7.10. The van der Waals surface area contributed by atoms with E-state index in [9.17, 15) is 4.79 Å². The highest BCUT2D eigenvalue weighted by Crippen LogP contribution is 2.28. The number of aryl methyl sites for hydroxylation is 2. The summed E-state index contributed by atoms with van der Waals surface area (Å²) in [5, 5.41) is 4.28. The van der Waals surface area contributed by atoms with Crippen LogP contribution in [0.3, 0.4) is 0 Å². The van der Waals surface area contributed by atoms with E-state index in [1.165, 1.54) is 10.2 Å². The Kier molecular flexibility index (Phi) is 4.38. The second-order valence-electron chi connectivity index (χ2n) is 5.70. The van der Waals surface area contributed by atoms with Gasteiger partial charge in [-0.1, -0.05) is 44.2 Å². The van der Waals surface area contributed by atoms with Crippen molar-refractivity contribution >= 4 is 5.91 Å². The third-order valence-corrected chi connectivity index (χ3v) is 3.67. The molecule has 2 rings (SSSR count). The van der Waals surface area contributed by atoms with E-state index < -0.39 is 0 Å². The van der Waals surface area contributed by atoms with Gasteiger partial charge in [-0.05, 0) is 37.3 Å². The lowest BCUT2D eigenvalue weighted by atomic mass is 9.85. The van der Waals surface area contributed by atoms with Crippen LogP contribution in [0.2, 0.25) is 0 Å². The van der Waals surface area contributed by atoms with Gasteiger partial charge in [0.2, 0.25) is 5.91 Å². The molecule has 1 atom stereocenters. The number of carbonyl (C=O) groups excluding carboxylic acids is 1. The van der Waals surface area contributed by atoms with Crippen LogP contribution >= 0.6 is 0 Å². The van der Waals surface area contributed by atoms with Crippen LogP contribution in [0.4, 0.5) is 0 Å². The molecular formula is C17H22N2O. The van der Waals surface area contributed by atoms with Gasteiger partial charge in [0.1, 0.15) is 0 Å². The maximum atomic E-state index is 12.5. The van der Waals surface area contributed by atoms with E-state index in [1.807, 2.05) is 38.1 Å². The Morgan fingerprint density at radius 2 is 1.85 bits per heavy atom. The summed E-state index contributed by atoms with van der Waals surface area (Å²) in [6.07, 6.45) is 0.490. The van der Waals surface area contributed by atoms with Crippen molar-refractivity contribution in [2.24, 2.45) is 5.92 Å². The summed E-state index contributed by atoms with van der Waals surface area (Å²) in [4.78, 5) is 12.5. The summed E-state index contributed by atoms with van der Waals surface area (Å²) >= 11 is 0. The molecule has 0 saturated carbocycles. The summed E-state index contributed by atoms with van der Waals surface area (Å²) < 4.78 is 1.54. The molecule has 0 aliphatic rings. The number of hydrogen-bond acceptors (Lipinski definition) is 2. The molecule has 3 heteroatoms. The lowest BCUT2D eigenvalue weighted by Gasteiger charge is -2.20. The first-order chi connectivity index (χ1) is 9.49. The lowest BCUT2D eigenvalue weighted by molar-refractivity contribution is 0.0866. The van der Waals surface area contributed by atoms with Crippen molar-refractivity contribution in [1.82, 2.24) is 9.78 Å². The molecule has 0 fully saturated rings. The molecule has 0 unspecified atom stereocenters. The molecule has 0 aliphatic carbocycles. The number of rotatable bonds is 4. The SMILES string of the molecule is Cc1cc(C)n(C(=O)C[C@H](c2ccccc2)C(C)C)n1. The van der Waals surface area contributed by atoms with Crippen LogP contribution in [0.25, 0.3) is 0 Å². The van der Waals surface area contributed by atoms with E-state index in [1.54, 1.807) is 0 Å². The highest BCUT2D eigenvalue weighted by Gasteiger charge is 2.21. The number of nitrogens with zero attached hydrogens (tertiary/aromatic N) is 2. The maximum absolute atomic E-state index is 12.5. The molecule has 106 valence electrons. The number of carbonyl (C=O) groups is 1. The molecule has 1 heterocycles. The number of aromatic nitrogens is 2. The molecule has 0 amide bonds. The van der Waals surface area contributed by atoms with Crippen LogP contribution in [-0.4, -0.2) is 15.7 Å². The van der Waals surface area contributed by atoms with Crippen molar-refractivity contribution in [2.45, 2.75) is 40.0 Å². The maximum Gasteiger partial charge on any atom is 0.247 e. The third-order valence-electron chi connectivity index (χ3n) is 3.67. The van der Waals surface area contributed by atoms with Crippen molar-refractivity contribution in [3.63, 3.8) is 0 Å². The van der Waals surface area contributed by atoms with Crippen LogP contribution in [0.1, 0.15) is 47.9 Å². The molecule has 3 nitrogen and oxygen atoms in total. The summed E-state index contributed by atoms with van der Waals surface area (Å²) in [5.41, 5.74) is 3.01. The smallest absolute Gasteiger partial charge is 0.247 e. The Bertz CT molecular complexity index is 584. The highest BCUT2D eigenvalue weighted by atomic mass is 16.2. The van der Waals surface area contributed by atoms with Gasteiger partial charge in [-0.15, -0.1) is 0 Å². The number of hydrogen-bond donors (Lipinski definition) is 0. The van der Waals surface area contributed by atoms with Gasteiger partial charge in [0.15, 0.2) is 0 Å². The Morgan fingerprint density at radius 1 is 1.20 bits per heavy atom. The minimum atomic E-state index is 0.0677. The van der Waals surface area contributed by atoms with E-state index in [0.29, 0.717) is 12.3 Å². The first-order valence-electron chi connectivity index (χ1n) is 7.10. The van der Waals surface area contributed by atoms with E-state index in [-0.39, 0.29) is 11.8 Å².